The predicted octanol–water partition coefficient (Wildman–Crippen LogP) is 1.61. The van der Waals surface area contributed by atoms with Crippen LogP contribution < -0.4 is 10.5 Å². The minimum Gasteiger partial charge on any atom is -0.482 e. The molecule has 1 aromatic rings. The van der Waals surface area contributed by atoms with Gasteiger partial charge >= 0.3 is 5.97 Å². The molecular formula is C11H15NO4S. The van der Waals surface area contributed by atoms with Gasteiger partial charge in [-0.2, -0.15) is 0 Å². The van der Waals surface area contributed by atoms with Crippen molar-refractivity contribution < 1.29 is 19.4 Å². The lowest BCUT2D eigenvalue weighted by atomic mass is 9.95. The normalized spacial score (nSPS) is 11.2. The van der Waals surface area contributed by atoms with Gasteiger partial charge in [-0.25, -0.2) is 4.79 Å². The number of rotatable bonds is 4. The molecule has 0 atom stereocenters. The summed E-state index contributed by atoms with van der Waals surface area (Å²) in [6.07, 6.45) is 0. The number of aromatic carboxylic acids is 1. The van der Waals surface area contributed by atoms with E-state index in [1.165, 1.54) is 0 Å². The number of carbonyl (C=O) groups is 2. The molecule has 0 aliphatic carbocycles. The molecule has 0 bridgehead atoms. The van der Waals surface area contributed by atoms with Crippen LogP contribution in [0.2, 0.25) is 0 Å². The Labute approximate surface area is 103 Å². The second kappa shape index (κ2) is 4.75. The van der Waals surface area contributed by atoms with Gasteiger partial charge in [0.15, 0.2) is 11.5 Å². The van der Waals surface area contributed by atoms with Crippen LogP contribution in [-0.2, 0) is 10.2 Å². The molecule has 0 aromatic carbocycles. The first kappa shape index (κ1) is 13.5. The van der Waals surface area contributed by atoms with Crippen LogP contribution in [0.15, 0.2) is 6.07 Å². The number of hydrogen-bond donors (Lipinski definition) is 2. The molecule has 0 spiro atoms. The smallest absolute Gasteiger partial charge is 0.349 e. The highest BCUT2D eigenvalue weighted by Gasteiger charge is 2.23. The average molecular weight is 257 g/mol. The van der Waals surface area contributed by atoms with Gasteiger partial charge in [0.25, 0.3) is 5.91 Å². The fourth-order valence-corrected chi connectivity index (χ4v) is 2.15. The zero-order valence-electron chi connectivity index (χ0n) is 9.94. The molecule has 5 nitrogen and oxygen atoms in total. The quantitative estimate of drug-likeness (QED) is 0.857. The van der Waals surface area contributed by atoms with Gasteiger partial charge < -0.3 is 15.6 Å². The van der Waals surface area contributed by atoms with E-state index in [9.17, 15) is 9.59 Å². The molecule has 3 N–H and O–H groups in total. The molecule has 0 aliphatic rings. The van der Waals surface area contributed by atoms with Crippen molar-refractivity contribution in [3.05, 3.63) is 15.8 Å². The summed E-state index contributed by atoms with van der Waals surface area (Å²) < 4.78 is 5.09. The van der Waals surface area contributed by atoms with Crippen LogP contribution in [0.3, 0.4) is 0 Å². The molecule has 0 saturated carbocycles. The van der Waals surface area contributed by atoms with E-state index >= 15 is 0 Å². The maximum Gasteiger partial charge on any atom is 0.349 e. The maximum atomic E-state index is 11.0. The van der Waals surface area contributed by atoms with E-state index in [0.717, 1.165) is 16.2 Å². The van der Waals surface area contributed by atoms with Crippen LogP contribution in [0.4, 0.5) is 0 Å². The van der Waals surface area contributed by atoms with E-state index in [2.05, 4.69) is 0 Å². The van der Waals surface area contributed by atoms with Gasteiger partial charge in [0, 0.05) is 4.88 Å². The summed E-state index contributed by atoms with van der Waals surface area (Å²) in [6, 6.07) is 1.65. The SMILES string of the molecule is CC(C)(C)c1cc(OCC(N)=O)c(C(=O)O)s1. The Morgan fingerprint density at radius 3 is 2.47 bits per heavy atom. The predicted molar refractivity (Wildman–Crippen MR) is 64.7 cm³/mol. The maximum absolute atomic E-state index is 11.0. The van der Waals surface area contributed by atoms with Crippen molar-refractivity contribution in [1.82, 2.24) is 0 Å². The van der Waals surface area contributed by atoms with E-state index in [1.807, 2.05) is 20.8 Å². The van der Waals surface area contributed by atoms with Gasteiger partial charge in [-0.05, 0) is 11.5 Å². The first-order chi connectivity index (χ1) is 7.71. The first-order valence-corrected chi connectivity index (χ1v) is 5.82. The number of hydrogen-bond acceptors (Lipinski definition) is 4. The van der Waals surface area contributed by atoms with Gasteiger partial charge in [0.1, 0.15) is 5.75 Å². The number of nitrogens with two attached hydrogens (primary N) is 1. The molecule has 17 heavy (non-hydrogen) atoms. The number of carboxylic acid groups (broad SMARTS) is 1. The Bertz CT molecular complexity index is 445. The van der Waals surface area contributed by atoms with E-state index in [1.54, 1.807) is 6.07 Å². The average Bonchev–Trinajstić information content (AvgIpc) is 2.57. The van der Waals surface area contributed by atoms with E-state index < -0.39 is 11.9 Å². The summed E-state index contributed by atoms with van der Waals surface area (Å²) >= 11 is 1.15. The highest BCUT2D eigenvalue weighted by molar-refractivity contribution is 7.14. The third kappa shape index (κ3) is 3.45. The Morgan fingerprint density at radius 2 is 2.06 bits per heavy atom. The molecule has 1 aromatic heterocycles. The molecule has 0 radical (unpaired) electrons. The van der Waals surface area contributed by atoms with Crippen molar-refractivity contribution >= 4 is 23.2 Å². The van der Waals surface area contributed by atoms with Crippen LogP contribution in [-0.4, -0.2) is 23.6 Å². The molecule has 0 aliphatic heterocycles. The van der Waals surface area contributed by atoms with Gasteiger partial charge in [0.2, 0.25) is 0 Å². The van der Waals surface area contributed by atoms with Crippen LogP contribution in [0, 0.1) is 0 Å². The topological polar surface area (TPSA) is 89.6 Å². The van der Waals surface area contributed by atoms with Crippen LogP contribution in [0.5, 0.6) is 5.75 Å². The van der Waals surface area contributed by atoms with Gasteiger partial charge in [-0.1, -0.05) is 20.8 Å². The Hall–Kier alpha value is -1.56. The molecular weight excluding hydrogens is 242 g/mol. The van der Waals surface area contributed by atoms with Crippen molar-refractivity contribution in [3.8, 4) is 5.75 Å². The van der Waals surface area contributed by atoms with E-state index in [0.29, 0.717) is 0 Å². The zero-order chi connectivity index (χ0) is 13.2. The van der Waals surface area contributed by atoms with Crippen molar-refractivity contribution in [2.45, 2.75) is 26.2 Å². The minimum atomic E-state index is -1.06. The zero-order valence-corrected chi connectivity index (χ0v) is 10.8. The summed E-state index contributed by atoms with van der Waals surface area (Å²) in [5.74, 6) is -1.50. The number of thiophene rings is 1. The fourth-order valence-electron chi connectivity index (χ4n) is 1.15. The summed E-state index contributed by atoms with van der Waals surface area (Å²) in [5, 5.41) is 9.02. The highest BCUT2D eigenvalue weighted by Crippen LogP contribution is 2.36. The van der Waals surface area contributed by atoms with Gasteiger partial charge in [0.05, 0.1) is 0 Å². The molecule has 1 rings (SSSR count). The fraction of sp³-hybridized carbons (Fsp3) is 0.455. The molecule has 6 heteroatoms. The van der Waals surface area contributed by atoms with Crippen LogP contribution in [0.25, 0.3) is 0 Å². The first-order valence-electron chi connectivity index (χ1n) is 5.00. The lowest BCUT2D eigenvalue weighted by Gasteiger charge is -2.14. The second-order valence-electron chi connectivity index (χ2n) is 4.61. The number of primary amides is 1. The van der Waals surface area contributed by atoms with Crippen LogP contribution >= 0.6 is 11.3 Å². The summed E-state index contributed by atoms with van der Waals surface area (Å²) in [7, 11) is 0. The minimum absolute atomic E-state index is 0.0937. The Kier molecular flexibility index (Phi) is 3.77. The standard InChI is InChI=1S/C11H15NO4S/c1-11(2,3)7-4-6(16-5-8(12)13)9(17-7)10(14)15/h4H,5H2,1-3H3,(H2,12,13)(H,14,15). The molecule has 0 unspecified atom stereocenters. The number of carboxylic acids is 1. The Morgan fingerprint density at radius 1 is 1.47 bits per heavy atom. The molecule has 1 heterocycles. The summed E-state index contributed by atoms with van der Waals surface area (Å²) in [4.78, 5) is 22.6. The third-order valence-electron chi connectivity index (χ3n) is 2.00. The number of carbonyl (C=O) groups excluding carboxylic acids is 1. The lowest BCUT2D eigenvalue weighted by molar-refractivity contribution is -0.119. The number of ether oxygens (including phenoxy) is 1. The number of amides is 1. The van der Waals surface area contributed by atoms with Gasteiger partial charge in [-0.15, -0.1) is 11.3 Å². The Balaban J connectivity index is 3.06. The molecule has 0 fully saturated rings. The molecule has 94 valence electrons. The summed E-state index contributed by atoms with van der Waals surface area (Å²) in [5.41, 5.74) is 4.79. The third-order valence-corrected chi connectivity index (χ3v) is 3.53. The molecule has 1 amide bonds. The van der Waals surface area contributed by atoms with E-state index in [-0.39, 0.29) is 22.6 Å². The van der Waals surface area contributed by atoms with Crippen molar-refractivity contribution in [3.63, 3.8) is 0 Å². The van der Waals surface area contributed by atoms with Crippen LogP contribution in [0.1, 0.15) is 35.3 Å². The van der Waals surface area contributed by atoms with Crippen molar-refractivity contribution in [2.24, 2.45) is 5.73 Å². The lowest BCUT2D eigenvalue weighted by Crippen LogP contribution is -2.20. The largest absolute Gasteiger partial charge is 0.482 e. The highest BCUT2D eigenvalue weighted by atomic mass is 32.1. The molecule has 0 saturated heterocycles. The van der Waals surface area contributed by atoms with E-state index in [4.69, 9.17) is 15.6 Å². The van der Waals surface area contributed by atoms with Crippen molar-refractivity contribution in [2.75, 3.05) is 6.61 Å². The monoisotopic (exact) mass is 257 g/mol. The van der Waals surface area contributed by atoms with Gasteiger partial charge in [-0.3, -0.25) is 4.79 Å². The van der Waals surface area contributed by atoms with Crippen molar-refractivity contribution in [1.29, 1.82) is 0 Å². The second-order valence-corrected chi connectivity index (χ2v) is 5.67. The summed E-state index contributed by atoms with van der Waals surface area (Å²) in [6.45, 7) is 5.60.